The van der Waals surface area contributed by atoms with Crippen LogP contribution in [0.15, 0.2) is 0 Å². The van der Waals surface area contributed by atoms with Crippen LogP contribution in [-0.4, -0.2) is 53.6 Å². The van der Waals surface area contributed by atoms with Gasteiger partial charge in [-0.3, -0.25) is 4.79 Å². The first kappa shape index (κ1) is 16.5. The van der Waals surface area contributed by atoms with Crippen LogP contribution in [0.4, 0.5) is 4.79 Å². The number of carbonyl (C=O) groups is 2. The van der Waals surface area contributed by atoms with E-state index >= 15 is 0 Å². The average Bonchev–Trinajstić information content (AvgIpc) is 3.00. The fourth-order valence-corrected chi connectivity index (χ4v) is 4.76. The SMILES string of the molecule is CCCCN1C(=O)NC2CS[C@@H](CCCCC(=O)OC)C21. The topological polar surface area (TPSA) is 58.6 Å². The van der Waals surface area contributed by atoms with Crippen molar-refractivity contribution >= 4 is 23.8 Å². The Kier molecular flexibility index (Phi) is 6.21. The molecule has 21 heavy (non-hydrogen) atoms. The van der Waals surface area contributed by atoms with Gasteiger partial charge in [-0.15, -0.1) is 0 Å². The maximum Gasteiger partial charge on any atom is 0.318 e. The van der Waals surface area contributed by atoms with Gasteiger partial charge in [-0.25, -0.2) is 4.79 Å². The Hall–Kier alpha value is -0.910. The van der Waals surface area contributed by atoms with Crippen molar-refractivity contribution in [2.75, 3.05) is 19.4 Å². The van der Waals surface area contributed by atoms with Crippen LogP contribution in [-0.2, 0) is 9.53 Å². The molecule has 0 spiro atoms. The molecule has 2 aliphatic heterocycles. The number of methoxy groups -OCH3 is 1. The minimum atomic E-state index is -0.130. The predicted octanol–water partition coefficient (Wildman–Crippen LogP) is 2.40. The second-order valence-electron chi connectivity index (χ2n) is 5.79. The molecule has 2 fully saturated rings. The van der Waals surface area contributed by atoms with Crippen molar-refractivity contribution in [2.24, 2.45) is 0 Å². The van der Waals surface area contributed by atoms with Crippen molar-refractivity contribution in [3.05, 3.63) is 0 Å². The number of nitrogens with one attached hydrogen (secondary N) is 1. The second-order valence-corrected chi connectivity index (χ2v) is 7.06. The first-order valence-corrected chi connectivity index (χ1v) is 8.97. The third kappa shape index (κ3) is 4.05. The normalized spacial score (nSPS) is 27.6. The molecule has 2 rings (SSSR count). The number of hydrogen-bond acceptors (Lipinski definition) is 4. The Bertz CT molecular complexity index is 378. The summed E-state index contributed by atoms with van der Waals surface area (Å²) in [6, 6.07) is 0.760. The number of thioether (sulfide) groups is 1. The van der Waals surface area contributed by atoms with Crippen molar-refractivity contribution in [1.29, 1.82) is 0 Å². The largest absolute Gasteiger partial charge is 0.469 e. The molecule has 0 saturated carbocycles. The molecule has 2 amide bonds. The van der Waals surface area contributed by atoms with Crippen molar-refractivity contribution in [3.63, 3.8) is 0 Å². The van der Waals surface area contributed by atoms with Crippen molar-refractivity contribution in [2.45, 2.75) is 62.8 Å². The molecule has 1 N–H and O–H groups in total. The average molecular weight is 314 g/mol. The van der Waals surface area contributed by atoms with Crippen LogP contribution in [0.25, 0.3) is 0 Å². The Morgan fingerprint density at radius 2 is 2.24 bits per heavy atom. The number of carbonyl (C=O) groups excluding carboxylic acids is 2. The molecule has 2 saturated heterocycles. The van der Waals surface area contributed by atoms with E-state index in [0.717, 1.165) is 44.4 Å². The molecule has 2 unspecified atom stereocenters. The summed E-state index contributed by atoms with van der Waals surface area (Å²) >= 11 is 1.97. The van der Waals surface area contributed by atoms with Gasteiger partial charge < -0.3 is 15.0 Å². The van der Waals surface area contributed by atoms with Crippen LogP contribution >= 0.6 is 11.8 Å². The lowest BCUT2D eigenvalue weighted by Crippen LogP contribution is -2.41. The number of esters is 1. The van der Waals surface area contributed by atoms with Gasteiger partial charge >= 0.3 is 12.0 Å². The van der Waals surface area contributed by atoms with Crippen LogP contribution in [0.2, 0.25) is 0 Å². The van der Waals surface area contributed by atoms with Crippen molar-refractivity contribution in [3.8, 4) is 0 Å². The van der Waals surface area contributed by atoms with Crippen LogP contribution in [0, 0.1) is 0 Å². The molecule has 3 atom stereocenters. The van der Waals surface area contributed by atoms with E-state index < -0.39 is 0 Å². The Balaban J connectivity index is 1.80. The highest BCUT2D eigenvalue weighted by molar-refractivity contribution is 8.00. The quantitative estimate of drug-likeness (QED) is 0.424. The molecular weight excluding hydrogens is 288 g/mol. The van der Waals surface area contributed by atoms with E-state index in [-0.39, 0.29) is 12.0 Å². The van der Waals surface area contributed by atoms with Gasteiger partial charge in [0, 0.05) is 24.0 Å². The Labute approximate surface area is 131 Å². The summed E-state index contributed by atoms with van der Waals surface area (Å²) in [5.74, 6) is 0.884. The van der Waals surface area contributed by atoms with Crippen LogP contribution in [0.1, 0.15) is 45.4 Å². The summed E-state index contributed by atoms with van der Waals surface area (Å²) in [5, 5.41) is 3.62. The summed E-state index contributed by atoms with van der Waals surface area (Å²) in [7, 11) is 1.43. The second kappa shape index (κ2) is 7.92. The minimum absolute atomic E-state index is 0.110. The Morgan fingerprint density at radius 3 is 2.95 bits per heavy atom. The monoisotopic (exact) mass is 314 g/mol. The molecule has 0 aromatic rings. The highest BCUT2D eigenvalue weighted by Gasteiger charge is 2.47. The van der Waals surface area contributed by atoms with Gasteiger partial charge in [0.25, 0.3) is 0 Å². The van der Waals surface area contributed by atoms with E-state index in [1.54, 1.807) is 0 Å². The molecule has 0 aliphatic carbocycles. The number of unbranched alkanes of at least 4 members (excludes halogenated alkanes) is 2. The fourth-order valence-electron chi connectivity index (χ4n) is 3.16. The standard InChI is InChI=1S/C15H26N2O3S/c1-3-4-9-17-14-11(16-15(17)19)10-21-12(14)7-5-6-8-13(18)20-2/h11-12,14H,3-10H2,1-2H3,(H,16,19)/t11?,12-,14?/m0/s1. The maximum absolute atomic E-state index is 12.0. The molecule has 5 nitrogen and oxygen atoms in total. The lowest BCUT2D eigenvalue weighted by Gasteiger charge is -2.27. The summed E-state index contributed by atoms with van der Waals surface area (Å²) < 4.78 is 4.66. The minimum Gasteiger partial charge on any atom is -0.469 e. The molecule has 0 aromatic carbocycles. The first-order chi connectivity index (χ1) is 10.2. The number of rotatable bonds is 8. The zero-order chi connectivity index (χ0) is 15.2. The number of amides is 2. The number of hydrogen-bond donors (Lipinski definition) is 1. The van der Waals surface area contributed by atoms with Gasteiger partial charge in [0.15, 0.2) is 0 Å². The number of fused-ring (bicyclic) bond motifs is 1. The fraction of sp³-hybridized carbons (Fsp3) is 0.867. The van der Waals surface area contributed by atoms with Gasteiger partial charge in [0.05, 0.1) is 19.2 Å². The van der Waals surface area contributed by atoms with E-state index in [1.807, 2.05) is 16.7 Å². The zero-order valence-electron chi connectivity index (χ0n) is 13.0. The third-order valence-corrected chi connectivity index (χ3v) is 5.81. The summed E-state index contributed by atoms with van der Waals surface area (Å²) in [4.78, 5) is 25.2. The number of urea groups is 1. The molecule has 0 aromatic heterocycles. The van der Waals surface area contributed by atoms with Gasteiger partial charge in [0.2, 0.25) is 0 Å². The van der Waals surface area contributed by atoms with E-state index in [2.05, 4.69) is 17.0 Å². The van der Waals surface area contributed by atoms with Crippen molar-refractivity contribution in [1.82, 2.24) is 10.2 Å². The maximum atomic E-state index is 12.0. The van der Waals surface area contributed by atoms with E-state index in [4.69, 9.17) is 0 Å². The molecule has 2 heterocycles. The predicted molar refractivity (Wildman–Crippen MR) is 84.5 cm³/mol. The molecule has 2 aliphatic rings. The van der Waals surface area contributed by atoms with Gasteiger partial charge in [-0.1, -0.05) is 19.8 Å². The molecule has 120 valence electrons. The number of ether oxygens (including phenoxy) is 1. The first-order valence-electron chi connectivity index (χ1n) is 7.93. The lowest BCUT2D eigenvalue weighted by atomic mass is 10.0. The highest BCUT2D eigenvalue weighted by Crippen LogP contribution is 2.37. The smallest absolute Gasteiger partial charge is 0.318 e. The molecule has 6 heteroatoms. The molecule has 0 bridgehead atoms. The number of nitrogens with zero attached hydrogens (tertiary/aromatic N) is 1. The van der Waals surface area contributed by atoms with E-state index in [0.29, 0.717) is 23.8 Å². The third-order valence-electron chi connectivity index (χ3n) is 4.31. The molecular formula is C15H26N2O3S. The van der Waals surface area contributed by atoms with Gasteiger partial charge in [-0.05, 0) is 19.3 Å². The van der Waals surface area contributed by atoms with Crippen LogP contribution in [0.3, 0.4) is 0 Å². The van der Waals surface area contributed by atoms with E-state index in [1.165, 1.54) is 7.11 Å². The van der Waals surface area contributed by atoms with Crippen LogP contribution in [0.5, 0.6) is 0 Å². The van der Waals surface area contributed by atoms with Gasteiger partial charge in [-0.2, -0.15) is 11.8 Å². The summed E-state index contributed by atoms with van der Waals surface area (Å²) in [6.07, 6.45) is 5.64. The van der Waals surface area contributed by atoms with E-state index in [9.17, 15) is 9.59 Å². The lowest BCUT2D eigenvalue weighted by molar-refractivity contribution is -0.140. The Morgan fingerprint density at radius 1 is 1.43 bits per heavy atom. The van der Waals surface area contributed by atoms with Gasteiger partial charge in [0.1, 0.15) is 0 Å². The van der Waals surface area contributed by atoms with Crippen LogP contribution < -0.4 is 5.32 Å². The summed E-state index contributed by atoms with van der Waals surface area (Å²) in [5.41, 5.74) is 0. The highest BCUT2D eigenvalue weighted by atomic mass is 32.2. The summed E-state index contributed by atoms with van der Waals surface area (Å²) in [6.45, 7) is 3.02. The molecule has 0 radical (unpaired) electrons. The van der Waals surface area contributed by atoms with Crippen molar-refractivity contribution < 1.29 is 14.3 Å². The zero-order valence-corrected chi connectivity index (χ0v) is 13.8.